The number of ketones is 1. The Morgan fingerprint density at radius 2 is 1.55 bits per heavy atom. The molecule has 1 aliphatic carbocycles. The summed E-state index contributed by atoms with van der Waals surface area (Å²) < 4.78 is 0. The summed E-state index contributed by atoms with van der Waals surface area (Å²) in [4.78, 5) is 51.4. The number of hydrogen-bond donors (Lipinski definition) is 2. The molecule has 7 heteroatoms. The normalized spacial score (nSPS) is 23.9. The summed E-state index contributed by atoms with van der Waals surface area (Å²) in [6.45, 7) is -0.122. The van der Waals surface area contributed by atoms with Crippen molar-refractivity contribution in [2.45, 2.75) is 50.1 Å². The van der Waals surface area contributed by atoms with E-state index in [0.29, 0.717) is 5.92 Å². The molecule has 0 aromatic heterocycles. The first-order valence-corrected chi connectivity index (χ1v) is 11.5. The van der Waals surface area contributed by atoms with Crippen LogP contribution in [0, 0.1) is 5.92 Å². The van der Waals surface area contributed by atoms with E-state index in [9.17, 15) is 19.2 Å². The van der Waals surface area contributed by atoms with Crippen molar-refractivity contribution >= 4 is 23.5 Å². The van der Waals surface area contributed by atoms with Gasteiger partial charge in [0.25, 0.3) is 5.91 Å². The number of primary amides is 1. The first kappa shape index (κ1) is 22.7. The van der Waals surface area contributed by atoms with Crippen LogP contribution in [-0.4, -0.2) is 47.0 Å². The van der Waals surface area contributed by atoms with E-state index in [1.807, 2.05) is 48.5 Å². The predicted molar refractivity (Wildman–Crippen MR) is 123 cm³/mol. The SMILES string of the molecule is NC(=O)C(Cc1ccccc1)N1CC(C(=O)NC2CCC(c3ccccc3)CC2)C(=O)C1=O. The van der Waals surface area contributed by atoms with Crippen LogP contribution in [0.25, 0.3) is 0 Å². The smallest absolute Gasteiger partial charge is 0.291 e. The van der Waals surface area contributed by atoms with E-state index in [2.05, 4.69) is 17.4 Å². The van der Waals surface area contributed by atoms with Crippen molar-refractivity contribution in [1.29, 1.82) is 0 Å². The lowest BCUT2D eigenvalue weighted by Gasteiger charge is -2.30. The van der Waals surface area contributed by atoms with E-state index in [1.165, 1.54) is 5.56 Å². The molecule has 1 aliphatic heterocycles. The van der Waals surface area contributed by atoms with Crippen LogP contribution < -0.4 is 11.1 Å². The number of nitrogens with zero attached hydrogens (tertiary/aromatic N) is 1. The zero-order valence-corrected chi connectivity index (χ0v) is 18.5. The van der Waals surface area contributed by atoms with Crippen LogP contribution in [0.15, 0.2) is 60.7 Å². The van der Waals surface area contributed by atoms with Crippen LogP contribution in [-0.2, 0) is 25.6 Å². The molecule has 3 N–H and O–H groups in total. The van der Waals surface area contributed by atoms with Gasteiger partial charge in [0.05, 0.1) is 0 Å². The van der Waals surface area contributed by atoms with Crippen molar-refractivity contribution in [3.63, 3.8) is 0 Å². The fourth-order valence-electron chi connectivity index (χ4n) is 4.92. The van der Waals surface area contributed by atoms with E-state index < -0.39 is 35.5 Å². The Kier molecular flexibility index (Phi) is 6.87. The molecule has 2 aliphatic rings. The molecule has 1 heterocycles. The average molecular weight is 448 g/mol. The van der Waals surface area contributed by atoms with Crippen molar-refractivity contribution < 1.29 is 19.2 Å². The topological polar surface area (TPSA) is 110 Å². The highest BCUT2D eigenvalue weighted by atomic mass is 16.2. The first-order valence-electron chi connectivity index (χ1n) is 11.5. The fraction of sp³-hybridized carbons (Fsp3) is 0.385. The Labute approximate surface area is 193 Å². The number of amides is 3. The maximum atomic E-state index is 12.9. The summed E-state index contributed by atoms with van der Waals surface area (Å²) in [6, 6.07) is 18.5. The third-order valence-corrected chi connectivity index (χ3v) is 6.80. The Balaban J connectivity index is 1.36. The number of nitrogens with one attached hydrogen (secondary N) is 1. The predicted octanol–water partition coefficient (Wildman–Crippen LogP) is 1.95. The minimum atomic E-state index is -1.11. The van der Waals surface area contributed by atoms with Gasteiger partial charge in [-0.3, -0.25) is 19.2 Å². The van der Waals surface area contributed by atoms with Gasteiger partial charge < -0.3 is 16.0 Å². The molecule has 0 radical (unpaired) electrons. The molecule has 2 aromatic carbocycles. The largest absolute Gasteiger partial charge is 0.368 e. The molecule has 0 bridgehead atoms. The molecule has 3 amide bonds. The highest BCUT2D eigenvalue weighted by Gasteiger charge is 2.47. The molecule has 7 nitrogen and oxygen atoms in total. The van der Waals surface area contributed by atoms with Crippen LogP contribution in [0.4, 0.5) is 0 Å². The van der Waals surface area contributed by atoms with Crippen LogP contribution in [0.1, 0.15) is 42.7 Å². The molecule has 1 saturated heterocycles. The van der Waals surface area contributed by atoms with Crippen LogP contribution in [0.5, 0.6) is 0 Å². The van der Waals surface area contributed by atoms with Gasteiger partial charge in [-0.2, -0.15) is 0 Å². The Bertz CT molecular complexity index is 1020. The van der Waals surface area contributed by atoms with Gasteiger partial charge in [-0.15, -0.1) is 0 Å². The lowest BCUT2D eigenvalue weighted by atomic mass is 9.81. The second kappa shape index (κ2) is 9.98. The van der Waals surface area contributed by atoms with Crippen LogP contribution in [0.2, 0.25) is 0 Å². The highest BCUT2D eigenvalue weighted by molar-refractivity contribution is 6.42. The fourth-order valence-corrected chi connectivity index (χ4v) is 4.92. The monoisotopic (exact) mass is 447 g/mol. The Morgan fingerprint density at radius 3 is 2.15 bits per heavy atom. The number of likely N-dealkylation sites (tertiary alicyclic amines) is 1. The lowest BCUT2D eigenvalue weighted by Crippen LogP contribution is -2.48. The molecule has 1 saturated carbocycles. The van der Waals surface area contributed by atoms with Gasteiger partial charge in [-0.1, -0.05) is 60.7 Å². The molecule has 2 fully saturated rings. The summed E-state index contributed by atoms with van der Waals surface area (Å²) in [6.07, 6.45) is 3.76. The van der Waals surface area contributed by atoms with Crippen molar-refractivity contribution in [2.24, 2.45) is 11.7 Å². The quantitative estimate of drug-likeness (QED) is 0.499. The second-order valence-corrected chi connectivity index (χ2v) is 8.95. The molecule has 172 valence electrons. The summed E-state index contributed by atoms with van der Waals surface area (Å²) in [5.41, 5.74) is 7.69. The summed E-state index contributed by atoms with van der Waals surface area (Å²) in [7, 11) is 0. The van der Waals surface area contributed by atoms with E-state index in [4.69, 9.17) is 5.73 Å². The van der Waals surface area contributed by atoms with Gasteiger partial charge in [-0.05, 0) is 42.7 Å². The summed E-state index contributed by atoms with van der Waals surface area (Å²) in [5.74, 6) is -3.37. The number of Topliss-reactive ketones (excluding diaryl/α,β-unsaturated/α-hetero) is 1. The zero-order valence-electron chi connectivity index (χ0n) is 18.5. The number of benzene rings is 2. The van der Waals surface area contributed by atoms with Crippen molar-refractivity contribution in [3.05, 3.63) is 71.8 Å². The molecular formula is C26H29N3O4. The number of nitrogens with two attached hydrogens (primary N) is 1. The van der Waals surface area contributed by atoms with E-state index in [1.54, 1.807) is 0 Å². The Hall–Kier alpha value is -3.48. The van der Waals surface area contributed by atoms with E-state index >= 15 is 0 Å². The second-order valence-electron chi connectivity index (χ2n) is 8.95. The maximum Gasteiger partial charge on any atom is 0.291 e. The zero-order chi connectivity index (χ0) is 23.4. The number of carbonyl (C=O) groups is 4. The lowest BCUT2D eigenvalue weighted by molar-refractivity contribution is -0.144. The molecule has 4 rings (SSSR count). The number of carbonyl (C=O) groups excluding carboxylic acids is 4. The van der Waals surface area contributed by atoms with Crippen LogP contribution >= 0.6 is 0 Å². The molecule has 2 unspecified atom stereocenters. The van der Waals surface area contributed by atoms with Gasteiger partial charge in [0.1, 0.15) is 12.0 Å². The minimum Gasteiger partial charge on any atom is -0.368 e. The third-order valence-electron chi connectivity index (χ3n) is 6.80. The van der Waals surface area contributed by atoms with Crippen molar-refractivity contribution in [1.82, 2.24) is 10.2 Å². The van der Waals surface area contributed by atoms with Gasteiger partial charge in [0.2, 0.25) is 17.6 Å². The minimum absolute atomic E-state index is 0.0225. The number of rotatable bonds is 7. The van der Waals surface area contributed by atoms with Crippen LogP contribution in [0.3, 0.4) is 0 Å². The maximum absolute atomic E-state index is 12.9. The first-order chi connectivity index (χ1) is 15.9. The van der Waals surface area contributed by atoms with Crippen molar-refractivity contribution in [2.75, 3.05) is 6.54 Å². The highest BCUT2D eigenvalue weighted by Crippen LogP contribution is 2.33. The van der Waals surface area contributed by atoms with Gasteiger partial charge in [-0.25, -0.2) is 0 Å². The molecule has 33 heavy (non-hydrogen) atoms. The summed E-state index contributed by atoms with van der Waals surface area (Å²) >= 11 is 0. The number of hydrogen-bond acceptors (Lipinski definition) is 4. The van der Waals surface area contributed by atoms with Gasteiger partial charge >= 0.3 is 0 Å². The Morgan fingerprint density at radius 1 is 0.939 bits per heavy atom. The van der Waals surface area contributed by atoms with E-state index in [0.717, 1.165) is 36.1 Å². The molecule has 0 spiro atoms. The third kappa shape index (κ3) is 5.13. The van der Waals surface area contributed by atoms with E-state index in [-0.39, 0.29) is 19.0 Å². The molecule has 2 atom stereocenters. The average Bonchev–Trinajstić information content (AvgIpc) is 3.13. The van der Waals surface area contributed by atoms with Gasteiger partial charge in [0, 0.05) is 19.0 Å². The standard InChI is InChI=1S/C26H29N3O4/c27-24(31)22(15-17-7-3-1-4-8-17)29-16-21(23(30)26(29)33)25(32)28-20-13-11-19(12-14-20)18-9-5-2-6-10-18/h1-10,19-22H,11-16H2,(H2,27,31)(H,28,32). The molecule has 2 aromatic rings. The summed E-state index contributed by atoms with van der Waals surface area (Å²) in [5, 5.41) is 2.97. The molecular weight excluding hydrogens is 418 g/mol. The van der Waals surface area contributed by atoms with Gasteiger partial charge in [0.15, 0.2) is 0 Å². The van der Waals surface area contributed by atoms with Crippen molar-refractivity contribution in [3.8, 4) is 0 Å².